The smallest absolute Gasteiger partial charge is 0.264 e. The van der Waals surface area contributed by atoms with Gasteiger partial charge in [-0.15, -0.1) is 0 Å². The number of amides is 1. The van der Waals surface area contributed by atoms with Gasteiger partial charge in [0.05, 0.1) is 10.2 Å². The second-order valence-corrected chi connectivity index (χ2v) is 7.24. The summed E-state index contributed by atoms with van der Waals surface area (Å²) in [4.78, 5) is 16.5. The number of fused-ring (bicyclic) bond motifs is 1. The maximum atomic E-state index is 12.1. The first-order valence-corrected chi connectivity index (χ1v) is 9.26. The second kappa shape index (κ2) is 7.66. The van der Waals surface area contributed by atoms with E-state index in [1.165, 1.54) is 22.5 Å². The van der Waals surface area contributed by atoms with Crippen LogP contribution in [0.1, 0.15) is 37.3 Å². The number of nitrogens with zero attached hydrogens (tertiary/aromatic N) is 1. The largest absolute Gasteiger partial charge is 0.484 e. The van der Waals surface area contributed by atoms with E-state index in [2.05, 4.69) is 42.3 Å². The quantitative estimate of drug-likeness (QED) is 0.667. The number of carbonyl (C=O) groups excluding carboxylic acids is 1. The van der Waals surface area contributed by atoms with Crippen LogP contribution in [0.2, 0.25) is 0 Å². The minimum absolute atomic E-state index is 0.0301. The molecular weight excluding hydrogens is 332 g/mol. The van der Waals surface area contributed by atoms with Gasteiger partial charge >= 0.3 is 0 Å². The van der Waals surface area contributed by atoms with E-state index >= 15 is 0 Å². The molecular formula is C20H22N2O2S. The van der Waals surface area contributed by atoms with Crippen molar-refractivity contribution in [2.24, 2.45) is 0 Å². The zero-order valence-corrected chi connectivity index (χ0v) is 15.5. The third-order valence-corrected chi connectivity index (χ3v) is 5.16. The third-order valence-electron chi connectivity index (χ3n) is 4.22. The number of anilines is 1. The van der Waals surface area contributed by atoms with Gasteiger partial charge in [0.1, 0.15) is 5.75 Å². The molecule has 1 aromatic heterocycles. The molecule has 1 N–H and O–H groups in total. The third kappa shape index (κ3) is 4.37. The van der Waals surface area contributed by atoms with Gasteiger partial charge in [-0.3, -0.25) is 10.1 Å². The van der Waals surface area contributed by atoms with Gasteiger partial charge < -0.3 is 4.74 Å². The minimum Gasteiger partial charge on any atom is -0.484 e. The monoisotopic (exact) mass is 354 g/mol. The van der Waals surface area contributed by atoms with E-state index in [4.69, 9.17) is 4.74 Å². The first-order chi connectivity index (χ1) is 12.0. The highest BCUT2D eigenvalue weighted by Crippen LogP contribution is 2.26. The zero-order valence-electron chi connectivity index (χ0n) is 14.7. The maximum absolute atomic E-state index is 12.1. The van der Waals surface area contributed by atoms with Gasteiger partial charge in [-0.25, -0.2) is 4.98 Å². The lowest BCUT2D eigenvalue weighted by Crippen LogP contribution is -2.20. The fourth-order valence-electron chi connectivity index (χ4n) is 2.52. The maximum Gasteiger partial charge on any atom is 0.264 e. The lowest BCUT2D eigenvalue weighted by molar-refractivity contribution is -0.118. The summed E-state index contributed by atoms with van der Waals surface area (Å²) in [5, 5.41) is 3.40. The SMILES string of the molecule is CC[C@@H](C)c1ccc(OCC(=O)Nc2nc3ccc(C)cc3s2)cc1. The number of ether oxygens (including phenoxy) is 1. The summed E-state index contributed by atoms with van der Waals surface area (Å²) in [5.41, 5.74) is 3.36. The summed E-state index contributed by atoms with van der Waals surface area (Å²) in [6.07, 6.45) is 1.10. The summed E-state index contributed by atoms with van der Waals surface area (Å²) in [7, 11) is 0. The average molecular weight is 354 g/mol. The van der Waals surface area contributed by atoms with Crippen molar-refractivity contribution in [1.29, 1.82) is 0 Å². The molecule has 1 atom stereocenters. The summed E-state index contributed by atoms with van der Waals surface area (Å²) < 4.78 is 6.63. The van der Waals surface area contributed by atoms with Gasteiger partial charge in [-0.1, -0.05) is 43.4 Å². The number of hydrogen-bond acceptors (Lipinski definition) is 4. The second-order valence-electron chi connectivity index (χ2n) is 6.21. The number of hydrogen-bond donors (Lipinski definition) is 1. The van der Waals surface area contributed by atoms with Gasteiger partial charge in [0.15, 0.2) is 11.7 Å². The Hall–Kier alpha value is -2.40. The fraction of sp³-hybridized carbons (Fsp3) is 0.300. The van der Waals surface area contributed by atoms with Crippen LogP contribution in [0.3, 0.4) is 0 Å². The Morgan fingerprint density at radius 3 is 2.72 bits per heavy atom. The summed E-state index contributed by atoms with van der Waals surface area (Å²) >= 11 is 1.47. The Morgan fingerprint density at radius 1 is 1.24 bits per heavy atom. The number of benzene rings is 2. The molecule has 0 aliphatic heterocycles. The first-order valence-electron chi connectivity index (χ1n) is 8.45. The molecule has 1 heterocycles. The number of rotatable bonds is 6. The normalized spacial score (nSPS) is 12.1. The van der Waals surface area contributed by atoms with Gasteiger partial charge in [0.25, 0.3) is 5.91 Å². The molecule has 0 radical (unpaired) electrons. The molecule has 0 saturated heterocycles. The molecule has 130 valence electrons. The van der Waals surface area contributed by atoms with Crippen molar-refractivity contribution in [2.75, 3.05) is 11.9 Å². The molecule has 0 spiro atoms. The van der Waals surface area contributed by atoms with E-state index in [1.807, 2.05) is 31.2 Å². The number of nitrogens with one attached hydrogen (secondary N) is 1. The molecule has 0 bridgehead atoms. The van der Waals surface area contributed by atoms with Crippen LogP contribution in [-0.2, 0) is 4.79 Å². The molecule has 2 aromatic carbocycles. The Morgan fingerprint density at radius 2 is 2.00 bits per heavy atom. The van der Waals surface area contributed by atoms with Gasteiger partial charge in [0, 0.05) is 0 Å². The first kappa shape index (κ1) is 17.4. The molecule has 0 fully saturated rings. The van der Waals surface area contributed by atoms with Crippen LogP contribution < -0.4 is 10.1 Å². The fourth-order valence-corrected chi connectivity index (χ4v) is 3.50. The van der Waals surface area contributed by atoms with E-state index in [9.17, 15) is 4.79 Å². The van der Waals surface area contributed by atoms with E-state index in [1.54, 1.807) is 0 Å². The van der Waals surface area contributed by atoms with Crippen molar-refractivity contribution in [3.05, 3.63) is 53.6 Å². The van der Waals surface area contributed by atoms with Crippen molar-refractivity contribution in [2.45, 2.75) is 33.1 Å². The standard InChI is InChI=1S/C20H22N2O2S/c1-4-14(3)15-6-8-16(9-7-15)24-12-19(23)22-20-21-17-10-5-13(2)11-18(17)25-20/h5-11,14H,4,12H2,1-3H3,(H,21,22,23)/t14-/m1/s1. The van der Waals surface area contributed by atoms with E-state index in [0.29, 0.717) is 16.8 Å². The van der Waals surface area contributed by atoms with Crippen LogP contribution in [0.4, 0.5) is 5.13 Å². The zero-order chi connectivity index (χ0) is 17.8. The van der Waals surface area contributed by atoms with Gasteiger partial charge in [-0.2, -0.15) is 0 Å². The van der Waals surface area contributed by atoms with Gasteiger partial charge in [0.2, 0.25) is 0 Å². The van der Waals surface area contributed by atoms with Crippen LogP contribution in [0, 0.1) is 6.92 Å². The highest BCUT2D eigenvalue weighted by atomic mass is 32.1. The van der Waals surface area contributed by atoms with Crippen molar-refractivity contribution in [3.8, 4) is 5.75 Å². The van der Waals surface area contributed by atoms with E-state index in [-0.39, 0.29) is 12.5 Å². The topological polar surface area (TPSA) is 51.2 Å². The van der Waals surface area contributed by atoms with Crippen molar-refractivity contribution < 1.29 is 9.53 Å². The molecule has 0 aliphatic rings. The molecule has 5 heteroatoms. The number of thiazole rings is 1. The van der Waals surface area contributed by atoms with Gasteiger partial charge in [-0.05, 0) is 54.7 Å². The predicted octanol–water partition coefficient (Wildman–Crippen LogP) is 5.14. The Bertz CT molecular complexity index is 871. The van der Waals surface area contributed by atoms with Crippen molar-refractivity contribution in [3.63, 3.8) is 0 Å². The lowest BCUT2D eigenvalue weighted by atomic mass is 9.99. The van der Waals surface area contributed by atoms with Crippen LogP contribution in [0.5, 0.6) is 5.75 Å². The predicted molar refractivity (Wildman–Crippen MR) is 104 cm³/mol. The van der Waals surface area contributed by atoms with Crippen molar-refractivity contribution >= 4 is 32.6 Å². The summed E-state index contributed by atoms with van der Waals surface area (Å²) in [5.74, 6) is 1.02. The Labute approximate surface area is 151 Å². The molecule has 3 aromatic rings. The van der Waals surface area contributed by atoms with Crippen LogP contribution in [-0.4, -0.2) is 17.5 Å². The highest BCUT2D eigenvalue weighted by Gasteiger charge is 2.09. The average Bonchev–Trinajstić information content (AvgIpc) is 3.01. The summed E-state index contributed by atoms with van der Waals surface area (Å²) in [6, 6.07) is 14.0. The Balaban J connectivity index is 1.56. The Kier molecular flexibility index (Phi) is 5.34. The molecule has 0 aliphatic carbocycles. The molecule has 0 saturated carbocycles. The molecule has 1 amide bonds. The highest BCUT2D eigenvalue weighted by molar-refractivity contribution is 7.22. The number of aromatic nitrogens is 1. The minimum atomic E-state index is -0.207. The van der Waals surface area contributed by atoms with E-state index in [0.717, 1.165) is 16.6 Å². The van der Waals surface area contributed by atoms with Crippen LogP contribution in [0.15, 0.2) is 42.5 Å². The number of carbonyl (C=O) groups is 1. The van der Waals surface area contributed by atoms with Crippen molar-refractivity contribution in [1.82, 2.24) is 4.98 Å². The lowest BCUT2D eigenvalue weighted by Gasteiger charge is -2.10. The molecule has 4 nitrogen and oxygen atoms in total. The summed E-state index contributed by atoms with van der Waals surface area (Å²) in [6.45, 7) is 6.38. The van der Waals surface area contributed by atoms with Crippen LogP contribution >= 0.6 is 11.3 Å². The molecule has 25 heavy (non-hydrogen) atoms. The molecule has 0 unspecified atom stereocenters. The number of aryl methyl sites for hydroxylation is 1. The van der Waals surface area contributed by atoms with E-state index < -0.39 is 0 Å². The molecule has 3 rings (SSSR count). The van der Waals surface area contributed by atoms with Crippen LogP contribution in [0.25, 0.3) is 10.2 Å².